The van der Waals surface area contributed by atoms with E-state index >= 15 is 0 Å². The summed E-state index contributed by atoms with van der Waals surface area (Å²) in [5.74, 6) is 0.0830. The summed E-state index contributed by atoms with van der Waals surface area (Å²) in [6.45, 7) is 2.25. The molecule has 0 saturated heterocycles. The zero-order valence-corrected chi connectivity index (χ0v) is 9.14. The van der Waals surface area contributed by atoms with Crippen LogP contribution >= 0.6 is 0 Å². The van der Waals surface area contributed by atoms with Gasteiger partial charge in [-0.1, -0.05) is 12.2 Å². The van der Waals surface area contributed by atoms with Gasteiger partial charge < -0.3 is 15.8 Å². The second-order valence-corrected chi connectivity index (χ2v) is 3.99. The molecular formula is C10H15F3N2O. The Balaban J connectivity index is 2.59. The lowest BCUT2D eigenvalue weighted by molar-refractivity contribution is -0.166. The molecule has 1 heterocycles. The van der Waals surface area contributed by atoms with Gasteiger partial charge in [-0.05, 0) is 19.9 Å². The van der Waals surface area contributed by atoms with Crippen LogP contribution in [0.1, 0.15) is 13.8 Å². The molecule has 0 aromatic heterocycles. The number of hydrogen-bond acceptors (Lipinski definition) is 3. The van der Waals surface area contributed by atoms with E-state index in [4.69, 9.17) is 5.73 Å². The number of halogens is 3. The number of ether oxygens (including phenoxy) is 1. The molecule has 0 bridgehead atoms. The maximum absolute atomic E-state index is 11.9. The number of alkyl halides is 3. The van der Waals surface area contributed by atoms with E-state index in [9.17, 15) is 13.2 Å². The first-order valence-electron chi connectivity index (χ1n) is 4.86. The molecule has 0 saturated carbocycles. The fraction of sp³-hybridized carbons (Fsp3) is 0.600. The number of nitrogens with two attached hydrogens (primary N) is 1. The van der Waals surface area contributed by atoms with E-state index in [2.05, 4.69) is 10.1 Å². The molecule has 1 rings (SSSR count). The van der Waals surface area contributed by atoms with E-state index < -0.39 is 18.3 Å². The second kappa shape index (κ2) is 4.37. The first-order valence-corrected chi connectivity index (χ1v) is 4.86. The average Bonchev–Trinajstić information content (AvgIpc) is 2.14. The van der Waals surface area contributed by atoms with Gasteiger partial charge in [0.05, 0.1) is 5.54 Å². The Morgan fingerprint density at radius 1 is 1.56 bits per heavy atom. The molecule has 0 aromatic rings. The van der Waals surface area contributed by atoms with Crippen LogP contribution in [0.4, 0.5) is 13.2 Å². The van der Waals surface area contributed by atoms with E-state index in [1.807, 2.05) is 0 Å². The summed E-state index contributed by atoms with van der Waals surface area (Å²) in [5, 5.41) is 2.83. The van der Waals surface area contributed by atoms with Gasteiger partial charge in [0.15, 0.2) is 12.5 Å². The summed E-state index contributed by atoms with van der Waals surface area (Å²) in [7, 11) is 0. The molecular weight excluding hydrogens is 221 g/mol. The van der Waals surface area contributed by atoms with Gasteiger partial charge in [-0.2, -0.15) is 13.2 Å². The van der Waals surface area contributed by atoms with Gasteiger partial charge in [0.2, 0.25) is 0 Å². The van der Waals surface area contributed by atoms with Crippen LogP contribution in [0.2, 0.25) is 0 Å². The van der Waals surface area contributed by atoms with Crippen LogP contribution in [0, 0.1) is 0 Å². The molecule has 3 N–H and O–H groups in total. The highest BCUT2D eigenvalue weighted by Gasteiger charge is 2.32. The van der Waals surface area contributed by atoms with E-state index in [1.54, 1.807) is 26.0 Å². The molecule has 0 radical (unpaired) electrons. The van der Waals surface area contributed by atoms with Crippen molar-refractivity contribution in [1.82, 2.24) is 5.32 Å². The average molecular weight is 236 g/mol. The molecule has 0 fully saturated rings. The van der Waals surface area contributed by atoms with E-state index in [0.717, 1.165) is 0 Å². The molecule has 3 nitrogen and oxygen atoms in total. The third-order valence-corrected chi connectivity index (χ3v) is 2.42. The molecule has 2 atom stereocenters. The standard InChI is InChI=1S/C10H15F3N2O/c1-7(14)9(2)5-3-4-8(15-9)16-6-10(11,12)13/h3-5,7,15H,6,14H2,1-2H3. The molecule has 6 heteroatoms. The molecule has 16 heavy (non-hydrogen) atoms. The van der Waals surface area contributed by atoms with Crippen molar-refractivity contribution in [2.24, 2.45) is 5.73 Å². The van der Waals surface area contributed by atoms with Crippen molar-refractivity contribution < 1.29 is 17.9 Å². The topological polar surface area (TPSA) is 47.3 Å². The summed E-state index contributed by atoms with van der Waals surface area (Å²) in [5.41, 5.74) is 5.14. The van der Waals surface area contributed by atoms with Crippen molar-refractivity contribution in [1.29, 1.82) is 0 Å². The normalized spacial score (nSPS) is 27.0. The monoisotopic (exact) mass is 236 g/mol. The molecule has 0 aliphatic carbocycles. The van der Waals surface area contributed by atoms with Crippen molar-refractivity contribution in [3.63, 3.8) is 0 Å². The second-order valence-electron chi connectivity index (χ2n) is 3.99. The van der Waals surface area contributed by atoms with Gasteiger partial charge in [0, 0.05) is 6.04 Å². The van der Waals surface area contributed by atoms with E-state index in [-0.39, 0.29) is 11.9 Å². The molecule has 0 aromatic carbocycles. The predicted octanol–water partition coefficient (Wildman–Crippen LogP) is 1.67. The summed E-state index contributed by atoms with van der Waals surface area (Å²) >= 11 is 0. The fourth-order valence-electron chi connectivity index (χ4n) is 1.19. The molecule has 0 spiro atoms. The highest BCUT2D eigenvalue weighted by molar-refractivity contribution is 5.23. The van der Waals surface area contributed by atoms with Gasteiger partial charge in [-0.3, -0.25) is 0 Å². The van der Waals surface area contributed by atoms with Crippen LogP contribution in [0.5, 0.6) is 0 Å². The van der Waals surface area contributed by atoms with Crippen molar-refractivity contribution >= 4 is 0 Å². The van der Waals surface area contributed by atoms with Crippen molar-refractivity contribution in [2.75, 3.05) is 6.61 Å². The zero-order chi connectivity index (χ0) is 12.4. The Morgan fingerprint density at radius 2 is 2.19 bits per heavy atom. The minimum absolute atomic E-state index is 0.0830. The van der Waals surface area contributed by atoms with Crippen molar-refractivity contribution in [3.05, 3.63) is 24.1 Å². The quantitative estimate of drug-likeness (QED) is 0.783. The molecule has 2 unspecified atom stereocenters. The largest absolute Gasteiger partial charge is 0.470 e. The van der Waals surface area contributed by atoms with Crippen molar-refractivity contribution in [3.8, 4) is 0 Å². The molecule has 0 amide bonds. The smallest absolute Gasteiger partial charge is 0.422 e. The van der Waals surface area contributed by atoms with Crippen LogP contribution in [0.15, 0.2) is 24.1 Å². The van der Waals surface area contributed by atoms with Gasteiger partial charge in [0.25, 0.3) is 0 Å². The number of hydrogen-bond donors (Lipinski definition) is 2. The summed E-state index contributed by atoms with van der Waals surface area (Å²) in [4.78, 5) is 0. The van der Waals surface area contributed by atoms with Crippen LogP contribution in [0.3, 0.4) is 0 Å². The third kappa shape index (κ3) is 3.44. The molecule has 92 valence electrons. The van der Waals surface area contributed by atoms with E-state index in [1.165, 1.54) is 6.08 Å². The van der Waals surface area contributed by atoms with Crippen LogP contribution in [0.25, 0.3) is 0 Å². The minimum Gasteiger partial charge on any atom is -0.470 e. The highest BCUT2D eigenvalue weighted by atomic mass is 19.4. The number of rotatable bonds is 3. The Kier molecular flexibility index (Phi) is 3.52. The highest BCUT2D eigenvalue weighted by Crippen LogP contribution is 2.20. The Labute approximate surface area is 92.1 Å². The first-order chi connectivity index (χ1) is 7.23. The summed E-state index contributed by atoms with van der Waals surface area (Å²) in [6, 6.07) is -0.248. The Hall–Kier alpha value is -1.17. The lowest BCUT2D eigenvalue weighted by atomic mass is 9.92. The SMILES string of the molecule is CC(N)C1(C)C=CC=C(OCC(F)(F)F)N1. The van der Waals surface area contributed by atoms with Gasteiger partial charge in [0.1, 0.15) is 0 Å². The van der Waals surface area contributed by atoms with Crippen molar-refractivity contribution in [2.45, 2.75) is 31.6 Å². The number of dihydropyridines is 1. The number of allylic oxidation sites excluding steroid dienone is 2. The maximum atomic E-state index is 11.9. The van der Waals surface area contributed by atoms with Crippen LogP contribution in [-0.4, -0.2) is 24.4 Å². The fourth-order valence-corrected chi connectivity index (χ4v) is 1.19. The Morgan fingerprint density at radius 3 is 2.69 bits per heavy atom. The predicted molar refractivity (Wildman–Crippen MR) is 54.4 cm³/mol. The lowest BCUT2D eigenvalue weighted by Gasteiger charge is -2.35. The van der Waals surface area contributed by atoms with Gasteiger partial charge >= 0.3 is 6.18 Å². The van der Waals surface area contributed by atoms with Gasteiger partial charge in [-0.25, -0.2) is 0 Å². The zero-order valence-electron chi connectivity index (χ0n) is 9.14. The Bertz CT molecular complexity index is 310. The lowest BCUT2D eigenvalue weighted by Crippen LogP contribution is -2.54. The summed E-state index contributed by atoms with van der Waals surface area (Å²) < 4.78 is 40.4. The summed E-state index contributed by atoms with van der Waals surface area (Å²) in [6.07, 6.45) is 0.522. The minimum atomic E-state index is -4.34. The third-order valence-electron chi connectivity index (χ3n) is 2.42. The maximum Gasteiger partial charge on any atom is 0.422 e. The van der Waals surface area contributed by atoms with Crippen LogP contribution < -0.4 is 11.1 Å². The van der Waals surface area contributed by atoms with Crippen LogP contribution in [-0.2, 0) is 4.74 Å². The number of nitrogens with one attached hydrogen (secondary N) is 1. The molecule has 1 aliphatic heterocycles. The first kappa shape index (κ1) is 12.9. The van der Waals surface area contributed by atoms with E-state index in [0.29, 0.717) is 0 Å². The van der Waals surface area contributed by atoms with Gasteiger partial charge in [-0.15, -0.1) is 0 Å². The molecule has 1 aliphatic rings.